The van der Waals surface area contributed by atoms with E-state index in [2.05, 4.69) is 21.2 Å². The summed E-state index contributed by atoms with van der Waals surface area (Å²) in [6.07, 6.45) is 2.00. The van der Waals surface area contributed by atoms with Crippen LogP contribution in [0.15, 0.2) is 15.9 Å². The maximum atomic E-state index is 12.7. The first kappa shape index (κ1) is 16.4. The molecule has 1 atom stereocenters. The Morgan fingerprint density at radius 2 is 2.17 bits per heavy atom. The first-order chi connectivity index (χ1) is 10.9. The third-order valence-electron chi connectivity index (χ3n) is 4.28. The Balaban J connectivity index is 1.77. The lowest BCUT2D eigenvalue weighted by Crippen LogP contribution is -2.45. The van der Waals surface area contributed by atoms with Crippen LogP contribution in [0.5, 0.6) is 0 Å². The van der Waals surface area contributed by atoms with Gasteiger partial charge in [0, 0.05) is 17.5 Å². The Hall–Kier alpha value is -1.41. The fourth-order valence-corrected chi connectivity index (χ4v) is 4.32. The summed E-state index contributed by atoms with van der Waals surface area (Å²) in [6, 6.07) is 3.40. The van der Waals surface area contributed by atoms with E-state index >= 15 is 0 Å². The molecule has 2 aliphatic rings. The number of rotatable bonds is 5. The number of imide groups is 1. The monoisotopic (exact) mass is 399 g/mol. The molecule has 1 saturated carbocycles. The van der Waals surface area contributed by atoms with E-state index in [1.807, 2.05) is 13.0 Å². The molecule has 4 amide bonds. The maximum Gasteiger partial charge on any atom is 0.325 e. The van der Waals surface area contributed by atoms with Crippen molar-refractivity contribution < 1.29 is 14.4 Å². The van der Waals surface area contributed by atoms with Gasteiger partial charge in [0.2, 0.25) is 5.91 Å². The highest BCUT2D eigenvalue weighted by Gasteiger charge is 2.50. The molecule has 0 spiro atoms. The smallest absolute Gasteiger partial charge is 0.325 e. The van der Waals surface area contributed by atoms with E-state index in [0.29, 0.717) is 6.54 Å². The van der Waals surface area contributed by atoms with Crippen molar-refractivity contribution in [3.63, 3.8) is 0 Å². The number of nitrogens with one attached hydrogen (secondary N) is 1. The van der Waals surface area contributed by atoms with Gasteiger partial charge in [0.1, 0.15) is 6.54 Å². The number of hydrogen-bond donors (Lipinski definition) is 1. The summed E-state index contributed by atoms with van der Waals surface area (Å²) in [7, 11) is 0. The van der Waals surface area contributed by atoms with Crippen LogP contribution in [0, 0.1) is 0 Å². The van der Waals surface area contributed by atoms with Crippen molar-refractivity contribution in [3.8, 4) is 0 Å². The van der Waals surface area contributed by atoms with Crippen LogP contribution in [-0.4, -0.2) is 46.8 Å². The van der Waals surface area contributed by atoms with Crippen LogP contribution >= 0.6 is 27.3 Å². The third-order valence-corrected chi connectivity index (χ3v) is 6.13. The first-order valence-corrected chi connectivity index (χ1v) is 9.17. The predicted octanol–water partition coefficient (Wildman–Crippen LogP) is 2.29. The average molecular weight is 400 g/mol. The van der Waals surface area contributed by atoms with Crippen molar-refractivity contribution >= 4 is 45.1 Å². The molecule has 23 heavy (non-hydrogen) atoms. The van der Waals surface area contributed by atoms with Gasteiger partial charge in [-0.2, -0.15) is 0 Å². The normalized spacial score (nSPS) is 24.0. The van der Waals surface area contributed by atoms with Crippen LogP contribution in [0.2, 0.25) is 0 Å². The van der Waals surface area contributed by atoms with Gasteiger partial charge in [-0.25, -0.2) is 4.79 Å². The van der Waals surface area contributed by atoms with Gasteiger partial charge in [-0.05, 0) is 54.8 Å². The number of carbonyl (C=O) groups excluding carboxylic acids is 3. The van der Waals surface area contributed by atoms with E-state index in [4.69, 9.17) is 0 Å². The fraction of sp³-hybridized carbons (Fsp3) is 0.533. The highest BCUT2D eigenvalue weighted by Crippen LogP contribution is 2.35. The van der Waals surface area contributed by atoms with Crippen molar-refractivity contribution in [3.05, 3.63) is 20.8 Å². The molecule has 1 unspecified atom stereocenters. The Kier molecular flexibility index (Phi) is 4.22. The summed E-state index contributed by atoms with van der Waals surface area (Å²) in [6.45, 7) is 3.99. The Morgan fingerprint density at radius 1 is 1.48 bits per heavy atom. The molecule has 2 heterocycles. The van der Waals surface area contributed by atoms with Crippen molar-refractivity contribution in [2.24, 2.45) is 0 Å². The molecule has 8 heteroatoms. The standard InChI is InChI=1S/C15H18BrN3O3S/c1-3-18(9-4-5-9)12(20)8-19-13(21)15(2,17-14(19)22)10-6-7-11(16)23-10/h6-7,9H,3-5,8H2,1-2H3,(H,17,22). The second kappa shape index (κ2) is 5.90. The highest BCUT2D eigenvalue weighted by molar-refractivity contribution is 9.11. The van der Waals surface area contributed by atoms with E-state index in [-0.39, 0.29) is 24.4 Å². The number of hydrogen-bond acceptors (Lipinski definition) is 4. The van der Waals surface area contributed by atoms with E-state index in [1.165, 1.54) is 11.3 Å². The highest BCUT2D eigenvalue weighted by atomic mass is 79.9. The van der Waals surface area contributed by atoms with Crippen LogP contribution < -0.4 is 5.32 Å². The van der Waals surface area contributed by atoms with Gasteiger partial charge >= 0.3 is 6.03 Å². The first-order valence-electron chi connectivity index (χ1n) is 7.56. The molecule has 6 nitrogen and oxygen atoms in total. The molecule has 1 aromatic heterocycles. The molecule has 124 valence electrons. The number of urea groups is 1. The number of nitrogens with zero attached hydrogens (tertiary/aromatic N) is 2. The SMILES string of the molecule is CCN(C(=O)CN1C(=O)NC(C)(c2ccc(Br)s2)C1=O)C1CC1. The van der Waals surface area contributed by atoms with Gasteiger partial charge in [-0.15, -0.1) is 11.3 Å². The van der Waals surface area contributed by atoms with E-state index in [9.17, 15) is 14.4 Å². The molecule has 2 fully saturated rings. The van der Waals surface area contributed by atoms with Gasteiger partial charge in [-0.3, -0.25) is 14.5 Å². The summed E-state index contributed by atoms with van der Waals surface area (Å²) in [5.41, 5.74) is -1.11. The summed E-state index contributed by atoms with van der Waals surface area (Å²) in [5, 5.41) is 2.72. The third kappa shape index (κ3) is 2.89. The number of likely N-dealkylation sites (N-methyl/N-ethyl adjacent to an activating group) is 1. The molecular weight excluding hydrogens is 382 g/mol. The Labute approximate surface area is 146 Å². The summed E-state index contributed by atoms with van der Waals surface area (Å²) >= 11 is 4.76. The lowest BCUT2D eigenvalue weighted by Gasteiger charge is -2.23. The predicted molar refractivity (Wildman–Crippen MR) is 90.0 cm³/mol. The van der Waals surface area contributed by atoms with Crippen LogP contribution in [0.25, 0.3) is 0 Å². The van der Waals surface area contributed by atoms with E-state index in [1.54, 1.807) is 17.9 Å². The van der Waals surface area contributed by atoms with Crippen molar-refractivity contribution in [1.82, 2.24) is 15.1 Å². The minimum absolute atomic E-state index is 0.171. The van der Waals surface area contributed by atoms with Crippen LogP contribution in [0.1, 0.15) is 31.6 Å². The van der Waals surface area contributed by atoms with Gasteiger partial charge in [0.05, 0.1) is 3.79 Å². The van der Waals surface area contributed by atoms with Gasteiger partial charge in [-0.1, -0.05) is 0 Å². The van der Waals surface area contributed by atoms with E-state index < -0.39 is 11.6 Å². The number of amides is 4. The molecule has 1 aliphatic heterocycles. The second-order valence-corrected chi connectivity index (χ2v) is 8.42. The Morgan fingerprint density at radius 3 is 2.70 bits per heavy atom. The number of carbonyl (C=O) groups is 3. The second-order valence-electron chi connectivity index (χ2n) is 5.96. The van der Waals surface area contributed by atoms with Crippen molar-refractivity contribution in [1.29, 1.82) is 0 Å². The fourth-order valence-electron chi connectivity index (χ4n) is 2.84. The summed E-state index contributed by atoms with van der Waals surface area (Å²) in [5.74, 6) is -0.549. The van der Waals surface area contributed by atoms with Gasteiger partial charge in [0.25, 0.3) is 5.91 Å². The maximum absolute atomic E-state index is 12.7. The average Bonchev–Trinajstić information content (AvgIpc) is 3.19. The lowest BCUT2D eigenvalue weighted by atomic mass is 10.0. The lowest BCUT2D eigenvalue weighted by molar-refractivity contribution is -0.139. The molecule has 1 saturated heterocycles. The zero-order valence-electron chi connectivity index (χ0n) is 13.0. The molecule has 1 aliphatic carbocycles. The van der Waals surface area contributed by atoms with Crippen LogP contribution in [0.4, 0.5) is 4.79 Å². The zero-order chi connectivity index (χ0) is 16.8. The molecule has 3 rings (SSSR count). The van der Waals surface area contributed by atoms with Gasteiger partial charge in [0.15, 0.2) is 5.54 Å². The summed E-state index contributed by atoms with van der Waals surface area (Å²) < 4.78 is 0.885. The van der Waals surface area contributed by atoms with Crippen LogP contribution in [0.3, 0.4) is 0 Å². The minimum Gasteiger partial charge on any atom is -0.338 e. The quantitative estimate of drug-likeness (QED) is 0.772. The summed E-state index contributed by atoms with van der Waals surface area (Å²) in [4.78, 5) is 40.9. The molecule has 0 radical (unpaired) electrons. The van der Waals surface area contributed by atoms with Crippen LogP contribution in [-0.2, 0) is 15.1 Å². The van der Waals surface area contributed by atoms with Gasteiger partial charge < -0.3 is 10.2 Å². The zero-order valence-corrected chi connectivity index (χ0v) is 15.4. The van der Waals surface area contributed by atoms with Crippen molar-refractivity contribution in [2.45, 2.75) is 38.3 Å². The molecule has 1 N–H and O–H groups in total. The molecule has 0 aromatic carbocycles. The minimum atomic E-state index is -1.11. The largest absolute Gasteiger partial charge is 0.338 e. The van der Waals surface area contributed by atoms with Crippen molar-refractivity contribution in [2.75, 3.05) is 13.1 Å². The Bertz CT molecular complexity index is 673. The number of halogens is 1. The molecule has 0 bridgehead atoms. The topological polar surface area (TPSA) is 69.7 Å². The molecular formula is C15H18BrN3O3S. The van der Waals surface area contributed by atoms with E-state index in [0.717, 1.165) is 26.4 Å². The number of thiophene rings is 1. The molecule has 1 aromatic rings.